The van der Waals surface area contributed by atoms with Crippen molar-refractivity contribution in [1.29, 1.82) is 0 Å². The van der Waals surface area contributed by atoms with Crippen LogP contribution in [-0.4, -0.2) is 34.6 Å². The molecule has 1 atom stereocenters. The molecule has 1 fully saturated rings. The first-order chi connectivity index (χ1) is 7.79. The van der Waals surface area contributed by atoms with Crippen LogP contribution in [-0.2, 0) is 17.6 Å². The second-order valence-corrected chi connectivity index (χ2v) is 4.16. The minimum atomic E-state index is -0.319. The summed E-state index contributed by atoms with van der Waals surface area (Å²) in [6.45, 7) is 3.26. The Kier molecular flexibility index (Phi) is 3.90. The van der Waals surface area contributed by atoms with Crippen LogP contribution in [0.3, 0.4) is 0 Å². The summed E-state index contributed by atoms with van der Waals surface area (Å²) in [5.41, 5.74) is 0. The quantitative estimate of drug-likeness (QED) is 0.701. The number of aromatic nitrogens is 2. The van der Waals surface area contributed by atoms with Crippen molar-refractivity contribution >= 4 is 0 Å². The summed E-state index contributed by atoms with van der Waals surface area (Å²) in [4.78, 5) is 4.21. The number of hydrogen-bond donors (Lipinski definition) is 1. The number of aliphatic hydroxyl groups is 1. The Hall–Kier alpha value is -0.940. The standard InChI is InChI=1S/C11H18N2O3/c1-2-15-6-5-10-12-11(16-13-10)7-9(14)8-3-4-8/h8-9,14H,2-7H2,1H3. The van der Waals surface area contributed by atoms with Gasteiger partial charge >= 0.3 is 0 Å². The van der Waals surface area contributed by atoms with Crippen molar-refractivity contribution in [1.82, 2.24) is 10.1 Å². The van der Waals surface area contributed by atoms with E-state index < -0.39 is 0 Å². The van der Waals surface area contributed by atoms with Crippen LogP contribution >= 0.6 is 0 Å². The zero-order valence-corrected chi connectivity index (χ0v) is 9.56. The Bertz CT molecular complexity index is 323. The lowest BCUT2D eigenvalue weighted by molar-refractivity contribution is 0.140. The molecule has 1 saturated carbocycles. The van der Waals surface area contributed by atoms with E-state index in [2.05, 4.69) is 10.1 Å². The highest BCUT2D eigenvalue weighted by molar-refractivity contribution is 4.92. The van der Waals surface area contributed by atoms with E-state index in [1.54, 1.807) is 0 Å². The molecule has 16 heavy (non-hydrogen) atoms. The molecule has 1 unspecified atom stereocenters. The fourth-order valence-corrected chi connectivity index (χ4v) is 1.61. The second-order valence-electron chi connectivity index (χ2n) is 4.16. The van der Waals surface area contributed by atoms with E-state index in [0.29, 0.717) is 43.7 Å². The van der Waals surface area contributed by atoms with Gasteiger partial charge in [-0.2, -0.15) is 4.98 Å². The number of hydrogen-bond acceptors (Lipinski definition) is 5. The van der Waals surface area contributed by atoms with Gasteiger partial charge < -0.3 is 14.4 Å². The van der Waals surface area contributed by atoms with Crippen molar-refractivity contribution in [3.8, 4) is 0 Å². The number of ether oxygens (including phenoxy) is 1. The molecule has 5 nitrogen and oxygen atoms in total. The van der Waals surface area contributed by atoms with Crippen LogP contribution in [0.15, 0.2) is 4.52 Å². The first-order valence-electron chi connectivity index (χ1n) is 5.87. The van der Waals surface area contributed by atoms with E-state index in [4.69, 9.17) is 9.26 Å². The number of aliphatic hydroxyl groups excluding tert-OH is 1. The van der Waals surface area contributed by atoms with Crippen LogP contribution in [0.2, 0.25) is 0 Å². The molecule has 1 aliphatic carbocycles. The van der Waals surface area contributed by atoms with Crippen LogP contribution in [0.4, 0.5) is 0 Å². The molecule has 0 spiro atoms. The maximum Gasteiger partial charge on any atom is 0.229 e. The third-order valence-electron chi connectivity index (χ3n) is 2.73. The molecule has 0 radical (unpaired) electrons. The summed E-state index contributed by atoms with van der Waals surface area (Å²) in [5, 5.41) is 13.6. The summed E-state index contributed by atoms with van der Waals surface area (Å²) < 4.78 is 10.3. The molecule has 0 aliphatic heterocycles. The van der Waals surface area contributed by atoms with Gasteiger partial charge in [0.25, 0.3) is 0 Å². The highest BCUT2D eigenvalue weighted by Gasteiger charge is 2.30. The van der Waals surface area contributed by atoms with Gasteiger partial charge in [-0.15, -0.1) is 0 Å². The van der Waals surface area contributed by atoms with Gasteiger partial charge in [0.1, 0.15) is 0 Å². The molecule has 0 saturated heterocycles. The van der Waals surface area contributed by atoms with Crippen LogP contribution in [0.1, 0.15) is 31.5 Å². The molecule has 0 amide bonds. The molecule has 5 heteroatoms. The molecule has 90 valence electrons. The van der Waals surface area contributed by atoms with Crippen molar-refractivity contribution < 1.29 is 14.4 Å². The molecule has 1 N–H and O–H groups in total. The lowest BCUT2D eigenvalue weighted by Gasteiger charge is -2.03. The van der Waals surface area contributed by atoms with E-state index in [0.717, 1.165) is 12.8 Å². The molecular formula is C11H18N2O3. The summed E-state index contributed by atoms with van der Waals surface area (Å²) >= 11 is 0. The summed E-state index contributed by atoms with van der Waals surface area (Å²) in [5.74, 6) is 1.64. The Labute approximate surface area is 94.8 Å². The minimum absolute atomic E-state index is 0.319. The van der Waals surface area contributed by atoms with E-state index in [1.165, 1.54) is 0 Å². The van der Waals surface area contributed by atoms with Crippen LogP contribution in [0.25, 0.3) is 0 Å². The Balaban J connectivity index is 1.77. The van der Waals surface area contributed by atoms with E-state index >= 15 is 0 Å². The van der Waals surface area contributed by atoms with Crippen molar-refractivity contribution in [2.75, 3.05) is 13.2 Å². The van der Waals surface area contributed by atoms with Gasteiger partial charge in [-0.1, -0.05) is 5.16 Å². The largest absolute Gasteiger partial charge is 0.392 e. The molecule has 0 aromatic carbocycles. The van der Waals surface area contributed by atoms with Gasteiger partial charge in [0.05, 0.1) is 19.1 Å². The fourth-order valence-electron chi connectivity index (χ4n) is 1.61. The third-order valence-corrected chi connectivity index (χ3v) is 2.73. The summed E-state index contributed by atoms with van der Waals surface area (Å²) in [6.07, 6.45) is 3.06. The topological polar surface area (TPSA) is 68.4 Å². The van der Waals surface area contributed by atoms with Gasteiger partial charge in [-0.25, -0.2) is 0 Å². The average molecular weight is 226 g/mol. The Morgan fingerprint density at radius 2 is 2.38 bits per heavy atom. The highest BCUT2D eigenvalue weighted by Crippen LogP contribution is 2.33. The molecule has 1 aliphatic rings. The van der Waals surface area contributed by atoms with Crippen molar-refractivity contribution in [2.45, 2.75) is 38.7 Å². The zero-order chi connectivity index (χ0) is 11.4. The van der Waals surface area contributed by atoms with Crippen molar-refractivity contribution in [2.24, 2.45) is 5.92 Å². The van der Waals surface area contributed by atoms with Crippen LogP contribution < -0.4 is 0 Å². The minimum Gasteiger partial charge on any atom is -0.392 e. The van der Waals surface area contributed by atoms with Gasteiger partial charge in [0.2, 0.25) is 5.89 Å². The van der Waals surface area contributed by atoms with E-state index in [9.17, 15) is 5.11 Å². The second kappa shape index (κ2) is 5.41. The fraction of sp³-hybridized carbons (Fsp3) is 0.818. The molecule has 2 rings (SSSR count). The van der Waals surface area contributed by atoms with Crippen LogP contribution in [0.5, 0.6) is 0 Å². The zero-order valence-electron chi connectivity index (χ0n) is 9.56. The average Bonchev–Trinajstić information content (AvgIpc) is 3.03. The predicted octanol–water partition coefficient (Wildman–Crippen LogP) is 0.962. The first-order valence-corrected chi connectivity index (χ1v) is 5.87. The lowest BCUT2D eigenvalue weighted by atomic mass is 10.2. The SMILES string of the molecule is CCOCCc1noc(CC(O)C2CC2)n1. The molecule has 1 aromatic heterocycles. The molecule has 0 bridgehead atoms. The van der Waals surface area contributed by atoms with Crippen LogP contribution in [0, 0.1) is 5.92 Å². The maximum absolute atomic E-state index is 9.71. The monoisotopic (exact) mass is 226 g/mol. The normalized spacial score (nSPS) is 17.6. The van der Waals surface area contributed by atoms with E-state index in [-0.39, 0.29) is 6.10 Å². The molecule has 1 aromatic rings. The lowest BCUT2D eigenvalue weighted by Crippen LogP contribution is -2.13. The molecule has 1 heterocycles. The smallest absolute Gasteiger partial charge is 0.229 e. The van der Waals surface area contributed by atoms with Crippen molar-refractivity contribution in [3.63, 3.8) is 0 Å². The van der Waals surface area contributed by atoms with Gasteiger partial charge in [-0.05, 0) is 25.7 Å². The Morgan fingerprint density at radius 1 is 1.56 bits per heavy atom. The molecular weight excluding hydrogens is 208 g/mol. The summed E-state index contributed by atoms with van der Waals surface area (Å²) in [6, 6.07) is 0. The first kappa shape index (κ1) is 11.5. The maximum atomic E-state index is 9.71. The van der Waals surface area contributed by atoms with Gasteiger partial charge in [-0.3, -0.25) is 0 Å². The third kappa shape index (κ3) is 3.28. The number of rotatable bonds is 7. The highest BCUT2D eigenvalue weighted by atomic mass is 16.5. The Morgan fingerprint density at radius 3 is 3.06 bits per heavy atom. The number of nitrogens with zero attached hydrogens (tertiary/aromatic N) is 2. The van der Waals surface area contributed by atoms with Gasteiger partial charge in [0.15, 0.2) is 5.82 Å². The predicted molar refractivity (Wildman–Crippen MR) is 56.9 cm³/mol. The van der Waals surface area contributed by atoms with Gasteiger partial charge in [0, 0.05) is 13.0 Å². The van der Waals surface area contributed by atoms with E-state index in [1.807, 2.05) is 6.92 Å². The summed E-state index contributed by atoms with van der Waals surface area (Å²) in [7, 11) is 0. The van der Waals surface area contributed by atoms with Crippen molar-refractivity contribution in [3.05, 3.63) is 11.7 Å².